The summed E-state index contributed by atoms with van der Waals surface area (Å²) in [5, 5.41) is 7.74. The summed E-state index contributed by atoms with van der Waals surface area (Å²) in [7, 11) is 1.92. The molecule has 3 N–H and O–H groups in total. The first-order valence-electron chi connectivity index (χ1n) is 5.76. The Balaban J connectivity index is 2.34. The molecular formula is C13H18N4. The quantitative estimate of drug-likeness (QED) is 0.797. The van der Waals surface area contributed by atoms with Crippen LogP contribution in [0.25, 0.3) is 0 Å². The number of para-hydroxylation sites is 1. The van der Waals surface area contributed by atoms with E-state index in [1.807, 2.05) is 43.0 Å². The molecular weight excluding hydrogens is 212 g/mol. The van der Waals surface area contributed by atoms with Crippen LogP contribution in [0.4, 0.5) is 17.1 Å². The maximum atomic E-state index is 6.04. The van der Waals surface area contributed by atoms with Gasteiger partial charge in [-0.05, 0) is 25.0 Å². The fraction of sp³-hybridized carbons (Fsp3) is 0.308. The van der Waals surface area contributed by atoms with Gasteiger partial charge in [0, 0.05) is 13.2 Å². The molecule has 0 amide bonds. The van der Waals surface area contributed by atoms with Crippen LogP contribution in [0.2, 0.25) is 0 Å². The van der Waals surface area contributed by atoms with Crippen LogP contribution in [0.15, 0.2) is 24.4 Å². The van der Waals surface area contributed by atoms with E-state index < -0.39 is 0 Å². The van der Waals surface area contributed by atoms with Crippen molar-refractivity contribution >= 4 is 17.1 Å². The molecule has 0 aliphatic rings. The number of rotatable bonds is 3. The van der Waals surface area contributed by atoms with Crippen molar-refractivity contribution in [3.63, 3.8) is 0 Å². The topological polar surface area (TPSA) is 55.9 Å². The summed E-state index contributed by atoms with van der Waals surface area (Å²) >= 11 is 0. The SMILES string of the molecule is CCc1nn(C)cc1Nc1cccc(C)c1N. The average Bonchev–Trinajstić information content (AvgIpc) is 2.65. The number of anilines is 3. The zero-order chi connectivity index (χ0) is 12.4. The van der Waals surface area contributed by atoms with E-state index in [0.29, 0.717) is 0 Å². The molecule has 1 heterocycles. The van der Waals surface area contributed by atoms with E-state index in [4.69, 9.17) is 5.73 Å². The minimum absolute atomic E-state index is 0.790. The first kappa shape index (κ1) is 11.5. The highest BCUT2D eigenvalue weighted by atomic mass is 15.3. The summed E-state index contributed by atoms with van der Waals surface area (Å²) in [6.45, 7) is 4.09. The van der Waals surface area contributed by atoms with Gasteiger partial charge in [-0.3, -0.25) is 4.68 Å². The zero-order valence-corrected chi connectivity index (χ0v) is 10.5. The molecule has 1 aromatic carbocycles. The Bertz CT molecular complexity index is 528. The van der Waals surface area contributed by atoms with Crippen LogP contribution in [0.3, 0.4) is 0 Å². The Kier molecular flexibility index (Phi) is 3.04. The Morgan fingerprint density at radius 1 is 1.35 bits per heavy atom. The van der Waals surface area contributed by atoms with Crippen LogP contribution in [0, 0.1) is 6.92 Å². The van der Waals surface area contributed by atoms with Crippen LogP contribution in [-0.4, -0.2) is 9.78 Å². The van der Waals surface area contributed by atoms with E-state index in [0.717, 1.165) is 34.7 Å². The van der Waals surface area contributed by atoms with Crippen molar-refractivity contribution in [3.05, 3.63) is 35.7 Å². The maximum absolute atomic E-state index is 6.04. The molecule has 0 aliphatic heterocycles. The molecule has 4 nitrogen and oxygen atoms in total. The van der Waals surface area contributed by atoms with Crippen molar-refractivity contribution in [3.8, 4) is 0 Å². The highest BCUT2D eigenvalue weighted by Crippen LogP contribution is 2.27. The largest absolute Gasteiger partial charge is 0.397 e. The van der Waals surface area contributed by atoms with Crippen molar-refractivity contribution in [2.24, 2.45) is 7.05 Å². The summed E-state index contributed by atoms with van der Waals surface area (Å²) in [6.07, 6.45) is 2.87. The van der Waals surface area contributed by atoms with Crippen LogP contribution >= 0.6 is 0 Å². The second-order valence-corrected chi connectivity index (χ2v) is 4.18. The summed E-state index contributed by atoms with van der Waals surface area (Å²) in [5.41, 5.74) is 10.9. The van der Waals surface area contributed by atoms with E-state index in [1.165, 1.54) is 0 Å². The van der Waals surface area contributed by atoms with Crippen molar-refractivity contribution < 1.29 is 0 Å². The van der Waals surface area contributed by atoms with Gasteiger partial charge in [-0.1, -0.05) is 19.1 Å². The van der Waals surface area contributed by atoms with Gasteiger partial charge in [0.1, 0.15) is 0 Å². The number of nitrogen functional groups attached to an aromatic ring is 1. The van der Waals surface area contributed by atoms with E-state index in [1.54, 1.807) is 0 Å². The summed E-state index contributed by atoms with van der Waals surface area (Å²) < 4.78 is 1.81. The van der Waals surface area contributed by atoms with Crippen molar-refractivity contribution in [1.29, 1.82) is 0 Å². The lowest BCUT2D eigenvalue weighted by molar-refractivity contribution is 0.746. The number of nitrogens with two attached hydrogens (primary N) is 1. The van der Waals surface area contributed by atoms with E-state index in [2.05, 4.69) is 17.3 Å². The molecule has 2 aromatic rings. The van der Waals surface area contributed by atoms with Gasteiger partial charge in [-0.25, -0.2) is 0 Å². The van der Waals surface area contributed by atoms with Crippen LogP contribution < -0.4 is 11.1 Å². The minimum Gasteiger partial charge on any atom is -0.397 e. The average molecular weight is 230 g/mol. The third kappa shape index (κ3) is 2.25. The van der Waals surface area contributed by atoms with Gasteiger partial charge in [0.05, 0.1) is 22.8 Å². The number of hydrogen-bond acceptors (Lipinski definition) is 3. The summed E-state index contributed by atoms with van der Waals surface area (Å²) in [5.74, 6) is 0. The van der Waals surface area contributed by atoms with Gasteiger partial charge in [0.2, 0.25) is 0 Å². The molecule has 0 saturated heterocycles. The van der Waals surface area contributed by atoms with Gasteiger partial charge in [-0.2, -0.15) is 5.10 Å². The molecule has 0 fully saturated rings. The maximum Gasteiger partial charge on any atom is 0.0856 e. The second kappa shape index (κ2) is 4.49. The van der Waals surface area contributed by atoms with Crippen molar-refractivity contribution in [2.45, 2.75) is 20.3 Å². The third-order valence-corrected chi connectivity index (χ3v) is 2.83. The number of nitrogens with zero attached hydrogens (tertiary/aromatic N) is 2. The predicted octanol–water partition coefficient (Wildman–Crippen LogP) is 2.62. The number of hydrogen-bond donors (Lipinski definition) is 2. The summed E-state index contributed by atoms with van der Waals surface area (Å²) in [6, 6.07) is 5.98. The van der Waals surface area contributed by atoms with Gasteiger partial charge >= 0.3 is 0 Å². The zero-order valence-electron chi connectivity index (χ0n) is 10.5. The normalized spacial score (nSPS) is 10.5. The lowest BCUT2D eigenvalue weighted by atomic mass is 10.1. The fourth-order valence-electron chi connectivity index (χ4n) is 1.83. The van der Waals surface area contributed by atoms with Gasteiger partial charge in [-0.15, -0.1) is 0 Å². The highest BCUT2D eigenvalue weighted by Gasteiger charge is 2.08. The first-order chi connectivity index (χ1) is 8.11. The number of aromatic nitrogens is 2. The van der Waals surface area contributed by atoms with Crippen LogP contribution in [-0.2, 0) is 13.5 Å². The predicted molar refractivity (Wildman–Crippen MR) is 71.5 cm³/mol. The molecule has 0 unspecified atom stereocenters. The Morgan fingerprint density at radius 2 is 2.12 bits per heavy atom. The molecule has 4 heteroatoms. The Hall–Kier alpha value is -1.97. The van der Waals surface area contributed by atoms with Gasteiger partial charge in [0.25, 0.3) is 0 Å². The number of nitrogens with one attached hydrogen (secondary N) is 1. The van der Waals surface area contributed by atoms with Crippen molar-refractivity contribution in [1.82, 2.24) is 9.78 Å². The minimum atomic E-state index is 0.790. The van der Waals surface area contributed by atoms with Crippen molar-refractivity contribution in [2.75, 3.05) is 11.1 Å². The standard InChI is InChI=1S/C13H18N4/c1-4-10-12(8-17(3)16-10)15-11-7-5-6-9(2)13(11)14/h5-8,15H,4,14H2,1-3H3. The van der Waals surface area contributed by atoms with Gasteiger partial charge in [0.15, 0.2) is 0 Å². The molecule has 0 radical (unpaired) electrons. The molecule has 2 rings (SSSR count). The highest BCUT2D eigenvalue weighted by molar-refractivity contribution is 5.75. The monoisotopic (exact) mass is 230 g/mol. The van der Waals surface area contributed by atoms with E-state index in [-0.39, 0.29) is 0 Å². The summed E-state index contributed by atoms with van der Waals surface area (Å²) in [4.78, 5) is 0. The Morgan fingerprint density at radius 3 is 2.82 bits per heavy atom. The molecule has 90 valence electrons. The molecule has 0 bridgehead atoms. The second-order valence-electron chi connectivity index (χ2n) is 4.18. The lowest BCUT2D eigenvalue weighted by Gasteiger charge is -2.10. The van der Waals surface area contributed by atoms with E-state index in [9.17, 15) is 0 Å². The van der Waals surface area contributed by atoms with Crippen LogP contribution in [0.1, 0.15) is 18.2 Å². The molecule has 0 atom stereocenters. The third-order valence-electron chi connectivity index (χ3n) is 2.83. The van der Waals surface area contributed by atoms with Gasteiger partial charge < -0.3 is 11.1 Å². The number of benzene rings is 1. The lowest BCUT2D eigenvalue weighted by Crippen LogP contribution is -1.99. The fourth-order valence-corrected chi connectivity index (χ4v) is 1.83. The number of aryl methyl sites for hydroxylation is 3. The molecule has 0 aliphatic carbocycles. The first-order valence-corrected chi connectivity index (χ1v) is 5.76. The van der Waals surface area contributed by atoms with Crippen LogP contribution in [0.5, 0.6) is 0 Å². The molecule has 1 aromatic heterocycles. The molecule has 0 spiro atoms. The van der Waals surface area contributed by atoms with E-state index >= 15 is 0 Å². The Labute approximate surface area is 101 Å². The smallest absolute Gasteiger partial charge is 0.0856 e. The molecule has 17 heavy (non-hydrogen) atoms. The molecule has 0 saturated carbocycles.